The number of nitrogens with zero attached hydrogens (tertiary/aromatic N) is 3. The fraction of sp³-hybridized carbons (Fsp3) is 0.714. The lowest BCUT2D eigenvalue weighted by molar-refractivity contribution is -0.131. The Morgan fingerprint density at radius 3 is 3.00 bits per heavy atom. The molecule has 2 unspecified atom stereocenters. The van der Waals surface area contributed by atoms with E-state index in [0.29, 0.717) is 13.0 Å². The van der Waals surface area contributed by atoms with Crippen LogP contribution in [-0.4, -0.2) is 45.2 Å². The van der Waals surface area contributed by atoms with E-state index in [1.54, 1.807) is 12.5 Å². The molecule has 1 N–H and O–H groups in total. The van der Waals surface area contributed by atoms with E-state index in [1.807, 2.05) is 15.7 Å². The van der Waals surface area contributed by atoms with Gasteiger partial charge in [-0.3, -0.25) is 4.79 Å². The van der Waals surface area contributed by atoms with E-state index in [1.165, 1.54) is 0 Å². The third-order valence-corrected chi connectivity index (χ3v) is 3.88. The van der Waals surface area contributed by atoms with Crippen molar-refractivity contribution in [1.82, 2.24) is 14.5 Å². The van der Waals surface area contributed by atoms with Crippen LogP contribution in [0.2, 0.25) is 0 Å². The van der Waals surface area contributed by atoms with E-state index in [2.05, 4.69) is 11.9 Å². The highest BCUT2D eigenvalue weighted by molar-refractivity contribution is 5.76. The van der Waals surface area contributed by atoms with Crippen LogP contribution in [0.3, 0.4) is 0 Å². The molecular formula is C14H23N3O2. The zero-order chi connectivity index (χ0) is 13.7. The van der Waals surface area contributed by atoms with Crippen molar-refractivity contribution in [3.8, 4) is 0 Å². The van der Waals surface area contributed by atoms with Crippen LogP contribution in [0.25, 0.3) is 0 Å². The average Bonchev–Trinajstić information content (AvgIpc) is 3.09. The predicted octanol–water partition coefficient (Wildman–Crippen LogP) is 1.46. The van der Waals surface area contributed by atoms with Crippen LogP contribution in [0.1, 0.15) is 38.6 Å². The van der Waals surface area contributed by atoms with Gasteiger partial charge in [0.05, 0.1) is 6.33 Å². The molecule has 19 heavy (non-hydrogen) atoms. The van der Waals surface area contributed by atoms with Crippen molar-refractivity contribution < 1.29 is 9.90 Å². The maximum absolute atomic E-state index is 12.3. The molecule has 1 aromatic heterocycles. The number of hydrogen-bond donors (Lipinski definition) is 1. The molecule has 1 fully saturated rings. The predicted molar refractivity (Wildman–Crippen MR) is 72.6 cm³/mol. The van der Waals surface area contributed by atoms with E-state index >= 15 is 0 Å². The van der Waals surface area contributed by atoms with E-state index < -0.39 is 0 Å². The molecule has 2 atom stereocenters. The highest BCUT2D eigenvalue weighted by atomic mass is 16.3. The van der Waals surface area contributed by atoms with Crippen LogP contribution < -0.4 is 0 Å². The van der Waals surface area contributed by atoms with Gasteiger partial charge in [0.2, 0.25) is 5.91 Å². The maximum Gasteiger partial charge on any atom is 0.224 e. The summed E-state index contributed by atoms with van der Waals surface area (Å²) in [5.74, 6) is 0.463. The van der Waals surface area contributed by atoms with Gasteiger partial charge in [0.25, 0.3) is 0 Å². The Bertz CT molecular complexity index is 391. The third kappa shape index (κ3) is 3.56. The Hall–Kier alpha value is -1.36. The SMILES string of the molecule is CCCC(CC(=O)N1CCC(CO)C1)n1ccnc1. The highest BCUT2D eigenvalue weighted by Gasteiger charge is 2.27. The summed E-state index contributed by atoms with van der Waals surface area (Å²) >= 11 is 0. The molecule has 1 aromatic rings. The Balaban J connectivity index is 1.92. The van der Waals surface area contributed by atoms with Crippen LogP contribution in [0.5, 0.6) is 0 Å². The number of aromatic nitrogens is 2. The van der Waals surface area contributed by atoms with Crippen molar-refractivity contribution in [2.75, 3.05) is 19.7 Å². The first-order valence-electron chi connectivity index (χ1n) is 7.10. The molecular weight excluding hydrogens is 242 g/mol. The number of carbonyl (C=O) groups is 1. The lowest BCUT2D eigenvalue weighted by atomic mass is 10.1. The second-order valence-electron chi connectivity index (χ2n) is 5.33. The van der Waals surface area contributed by atoms with Crippen LogP contribution in [-0.2, 0) is 4.79 Å². The van der Waals surface area contributed by atoms with Gasteiger partial charge in [0.1, 0.15) is 0 Å². The lowest BCUT2D eigenvalue weighted by Crippen LogP contribution is -2.31. The number of aliphatic hydroxyl groups is 1. The molecule has 0 radical (unpaired) electrons. The first-order valence-corrected chi connectivity index (χ1v) is 7.10. The fourth-order valence-electron chi connectivity index (χ4n) is 2.71. The fourth-order valence-corrected chi connectivity index (χ4v) is 2.71. The molecule has 1 saturated heterocycles. The third-order valence-electron chi connectivity index (χ3n) is 3.88. The van der Waals surface area contributed by atoms with Crippen molar-refractivity contribution in [2.24, 2.45) is 5.92 Å². The van der Waals surface area contributed by atoms with Crippen LogP contribution in [0.15, 0.2) is 18.7 Å². The summed E-state index contributed by atoms with van der Waals surface area (Å²) in [6.07, 6.45) is 8.95. The van der Waals surface area contributed by atoms with Crippen molar-refractivity contribution in [1.29, 1.82) is 0 Å². The molecule has 0 spiro atoms. The van der Waals surface area contributed by atoms with Crippen molar-refractivity contribution in [2.45, 2.75) is 38.6 Å². The summed E-state index contributed by atoms with van der Waals surface area (Å²) in [5.41, 5.74) is 0. The normalized spacial score (nSPS) is 20.7. The molecule has 0 bridgehead atoms. The summed E-state index contributed by atoms with van der Waals surface area (Å²) < 4.78 is 2.03. The minimum atomic E-state index is 0.184. The summed E-state index contributed by atoms with van der Waals surface area (Å²) in [5, 5.41) is 9.13. The van der Waals surface area contributed by atoms with Crippen molar-refractivity contribution in [3.05, 3.63) is 18.7 Å². The van der Waals surface area contributed by atoms with E-state index in [9.17, 15) is 4.79 Å². The molecule has 2 heterocycles. The molecule has 106 valence electrons. The second-order valence-corrected chi connectivity index (χ2v) is 5.33. The minimum Gasteiger partial charge on any atom is -0.396 e. The Kier molecular flexibility index (Phi) is 4.96. The molecule has 1 aliphatic heterocycles. The van der Waals surface area contributed by atoms with Gasteiger partial charge in [-0.05, 0) is 12.8 Å². The van der Waals surface area contributed by atoms with Crippen molar-refractivity contribution >= 4 is 5.91 Å². The standard InChI is InChI=1S/C14H23N3O2/c1-2-3-13(17-7-5-15-11-17)8-14(19)16-6-4-12(9-16)10-18/h5,7,11-13,18H,2-4,6,8-10H2,1H3. The number of carbonyl (C=O) groups excluding carboxylic acids is 1. The number of rotatable bonds is 6. The van der Waals surface area contributed by atoms with Gasteiger partial charge in [-0.15, -0.1) is 0 Å². The monoisotopic (exact) mass is 265 g/mol. The van der Waals surface area contributed by atoms with Gasteiger partial charge < -0.3 is 14.6 Å². The molecule has 5 heteroatoms. The number of amides is 1. The smallest absolute Gasteiger partial charge is 0.224 e. The Morgan fingerprint density at radius 2 is 2.42 bits per heavy atom. The maximum atomic E-state index is 12.3. The zero-order valence-electron chi connectivity index (χ0n) is 11.5. The Morgan fingerprint density at radius 1 is 1.58 bits per heavy atom. The number of aliphatic hydroxyl groups excluding tert-OH is 1. The molecule has 2 rings (SSSR count). The second kappa shape index (κ2) is 6.70. The summed E-state index contributed by atoms with van der Waals surface area (Å²) in [6.45, 7) is 3.81. The Labute approximate surface area is 114 Å². The molecule has 5 nitrogen and oxygen atoms in total. The van der Waals surface area contributed by atoms with E-state index in [-0.39, 0.29) is 24.5 Å². The molecule has 0 saturated carbocycles. The van der Waals surface area contributed by atoms with Gasteiger partial charge in [0.15, 0.2) is 0 Å². The summed E-state index contributed by atoms with van der Waals surface area (Å²) in [7, 11) is 0. The highest BCUT2D eigenvalue weighted by Crippen LogP contribution is 2.22. The molecule has 1 aliphatic rings. The zero-order valence-corrected chi connectivity index (χ0v) is 11.5. The van der Waals surface area contributed by atoms with Gasteiger partial charge in [-0.2, -0.15) is 0 Å². The average molecular weight is 265 g/mol. The number of imidazole rings is 1. The van der Waals surface area contributed by atoms with Crippen LogP contribution >= 0.6 is 0 Å². The summed E-state index contributed by atoms with van der Waals surface area (Å²) in [6, 6.07) is 0.202. The quantitative estimate of drug-likeness (QED) is 0.847. The number of likely N-dealkylation sites (tertiary alicyclic amines) is 1. The minimum absolute atomic E-state index is 0.184. The first kappa shape index (κ1) is 14.1. The first-order chi connectivity index (χ1) is 9.24. The van der Waals surface area contributed by atoms with E-state index in [0.717, 1.165) is 25.8 Å². The largest absolute Gasteiger partial charge is 0.396 e. The van der Waals surface area contributed by atoms with Gasteiger partial charge in [-0.25, -0.2) is 4.98 Å². The van der Waals surface area contributed by atoms with E-state index in [4.69, 9.17) is 5.11 Å². The van der Waals surface area contributed by atoms with Crippen LogP contribution in [0, 0.1) is 5.92 Å². The molecule has 1 amide bonds. The summed E-state index contributed by atoms with van der Waals surface area (Å²) in [4.78, 5) is 18.2. The van der Waals surface area contributed by atoms with Gasteiger partial charge >= 0.3 is 0 Å². The van der Waals surface area contributed by atoms with Crippen molar-refractivity contribution in [3.63, 3.8) is 0 Å². The number of hydrogen-bond acceptors (Lipinski definition) is 3. The lowest BCUT2D eigenvalue weighted by Gasteiger charge is -2.22. The molecule has 0 aromatic carbocycles. The van der Waals surface area contributed by atoms with Gasteiger partial charge in [-0.1, -0.05) is 13.3 Å². The molecule has 0 aliphatic carbocycles. The van der Waals surface area contributed by atoms with Crippen LogP contribution in [0.4, 0.5) is 0 Å². The topological polar surface area (TPSA) is 58.4 Å². The van der Waals surface area contributed by atoms with Gasteiger partial charge in [0, 0.05) is 50.5 Å².